The first kappa shape index (κ1) is 16.8. The van der Waals surface area contributed by atoms with E-state index in [9.17, 15) is 0 Å². The molecule has 2 saturated carbocycles. The predicted molar refractivity (Wildman–Crippen MR) is 96.1 cm³/mol. The molecule has 1 aliphatic heterocycles. The fourth-order valence-electron chi connectivity index (χ4n) is 5.79. The summed E-state index contributed by atoms with van der Waals surface area (Å²) in [6.45, 7) is 5.27. The molecule has 3 aliphatic rings. The van der Waals surface area contributed by atoms with Gasteiger partial charge < -0.3 is 5.32 Å². The van der Waals surface area contributed by atoms with E-state index in [2.05, 4.69) is 19.2 Å². The molecule has 0 aromatic heterocycles. The van der Waals surface area contributed by atoms with Crippen molar-refractivity contribution in [2.75, 3.05) is 0 Å². The number of hydrogen-bond acceptors (Lipinski definition) is 1. The van der Waals surface area contributed by atoms with Crippen molar-refractivity contribution in [3.8, 4) is 0 Å². The van der Waals surface area contributed by atoms with Crippen LogP contribution in [0, 0.1) is 17.3 Å². The van der Waals surface area contributed by atoms with Crippen molar-refractivity contribution in [2.45, 2.75) is 116 Å². The van der Waals surface area contributed by atoms with Gasteiger partial charge in [-0.15, -0.1) is 0 Å². The zero-order chi connectivity index (χ0) is 15.4. The summed E-state index contributed by atoms with van der Waals surface area (Å²) in [5.41, 5.74) is 0.571. The quantitative estimate of drug-likeness (QED) is 0.572. The third-order valence-electron chi connectivity index (χ3n) is 7.51. The molecule has 128 valence electrons. The summed E-state index contributed by atoms with van der Waals surface area (Å²) in [4.78, 5) is 0. The fraction of sp³-hybridized carbons (Fsp3) is 1.00. The van der Waals surface area contributed by atoms with Crippen LogP contribution in [0.5, 0.6) is 0 Å². The van der Waals surface area contributed by atoms with Crippen LogP contribution >= 0.6 is 0 Å². The molecule has 4 unspecified atom stereocenters. The smallest absolute Gasteiger partial charge is 0.00697 e. The highest BCUT2D eigenvalue weighted by Crippen LogP contribution is 2.47. The molecular formula is C21H39N. The van der Waals surface area contributed by atoms with Gasteiger partial charge in [0, 0.05) is 12.1 Å². The van der Waals surface area contributed by atoms with Gasteiger partial charge in [0.15, 0.2) is 0 Å². The number of fused-ring (bicyclic) bond motifs is 6. The summed E-state index contributed by atoms with van der Waals surface area (Å²) in [5.74, 6) is 1.94. The van der Waals surface area contributed by atoms with Crippen LogP contribution in [0.2, 0.25) is 0 Å². The lowest BCUT2D eigenvalue weighted by atomic mass is 9.63. The molecule has 22 heavy (non-hydrogen) atoms. The fourth-order valence-corrected chi connectivity index (χ4v) is 5.79. The molecule has 1 nitrogen and oxygen atoms in total. The molecule has 1 heterocycles. The molecule has 1 heteroatoms. The SMILES string of the molecule is CC1(C)C2CCCCCC(CC2)NC2CCCCCC1CC2. The molecule has 1 saturated heterocycles. The standard InChI is InChI=1S/C21H39N/c1-21(2)17-9-5-3-7-11-19(15-13-17)22-20-12-8-4-6-10-18(21)14-16-20/h17-20,22H,3-16H2,1-2H3. The van der Waals surface area contributed by atoms with Gasteiger partial charge in [0.25, 0.3) is 0 Å². The second-order valence-corrected chi connectivity index (χ2v) is 9.21. The summed E-state index contributed by atoms with van der Waals surface area (Å²) in [5, 5.41) is 4.12. The van der Waals surface area contributed by atoms with E-state index in [0.29, 0.717) is 5.41 Å². The van der Waals surface area contributed by atoms with Gasteiger partial charge in [-0.1, -0.05) is 52.4 Å². The Labute approximate surface area is 139 Å². The summed E-state index contributed by atoms with van der Waals surface area (Å²) in [6.07, 6.45) is 20.5. The Hall–Kier alpha value is -0.0400. The minimum Gasteiger partial charge on any atom is -0.311 e. The van der Waals surface area contributed by atoms with Crippen molar-refractivity contribution in [2.24, 2.45) is 17.3 Å². The van der Waals surface area contributed by atoms with Crippen LogP contribution in [0.4, 0.5) is 0 Å². The van der Waals surface area contributed by atoms with Crippen molar-refractivity contribution < 1.29 is 0 Å². The number of rotatable bonds is 0. The van der Waals surface area contributed by atoms with E-state index >= 15 is 0 Å². The molecule has 3 fully saturated rings. The van der Waals surface area contributed by atoms with Gasteiger partial charge in [-0.2, -0.15) is 0 Å². The van der Waals surface area contributed by atoms with Gasteiger partial charge in [0.1, 0.15) is 0 Å². The summed E-state index contributed by atoms with van der Waals surface area (Å²) in [6, 6.07) is 1.64. The van der Waals surface area contributed by atoms with Gasteiger partial charge in [-0.05, 0) is 68.6 Å². The highest BCUT2D eigenvalue weighted by molar-refractivity contribution is 4.90. The molecule has 0 aromatic rings. The monoisotopic (exact) mass is 305 g/mol. The van der Waals surface area contributed by atoms with Crippen LogP contribution in [0.15, 0.2) is 0 Å². The summed E-state index contributed by atoms with van der Waals surface area (Å²) in [7, 11) is 0. The summed E-state index contributed by atoms with van der Waals surface area (Å²) >= 11 is 0. The van der Waals surface area contributed by atoms with Crippen LogP contribution < -0.4 is 5.32 Å². The lowest BCUT2D eigenvalue weighted by Crippen LogP contribution is -2.42. The Morgan fingerprint density at radius 2 is 1.00 bits per heavy atom. The Kier molecular flexibility index (Phi) is 5.87. The van der Waals surface area contributed by atoms with Crippen molar-refractivity contribution in [1.82, 2.24) is 5.32 Å². The van der Waals surface area contributed by atoms with E-state index in [-0.39, 0.29) is 0 Å². The third-order valence-corrected chi connectivity index (χ3v) is 7.51. The minimum absolute atomic E-state index is 0.571. The van der Waals surface area contributed by atoms with Crippen molar-refractivity contribution >= 4 is 0 Å². The van der Waals surface area contributed by atoms with Crippen LogP contribution in [0.1, 0.15) is 104 Å². The maximum atomic E-state index is 4.12. The first-order valence-corrected chi connectivity index (χ1v) is 10.4. The van der Waals surface area contributed by atoms with Gasteiger partial charge >= 0.3 is 0 Å². The Balaban J connectivity index is 1.85. The van der Waals surface area contributed by atoms with Gasteiger partial charge in [0.2, 0.25) is 0 Å². The molecule has 0 amide bonds. The van der Waals surface area contributed by atoms with Crippen molar-refractivity contribution in [1.29, 1.82) is 0 Å². The molecule has 4 atom stereocenters. The Bertz CT molecular complexity index is 305. The number of hydrogen-bond donors (Lipinski definition) is 1. The van der Waals surface area contributed by atoms with Crippen molar-refractivity contribution in [3.05, 3.63) is 0 Å². The van der Waals surface area contributed by atoms with Gasteiger partial charge in [0.05, 0.1) is 0 Å². The molecular weight excluding hydrogens is 266 g/mol. The van der Waals surface area contributed by atoms with E-state index in [1.165, 1.54) is 89.9 Å². The maximum Gasteiger partial charge on any atom is 0.00697 e. The van der Waals surface area contributed by atoms with Crippen molar-refractivity contribution in [3.63, 3.8) is 0 Å². The third kappa shape index (κ3) is 4.08. The lowest BCUT2D eigenvalue weighted by molar-refractivity contribution is 0.0725. The first-order chi connectivity index (χ1) is 10.7. The normalized spacial score (nSPS) is 40.6. The second kappa shape index (κ2) is 7.69. The maximum absolute atomic E-state index is 4.12. The largest absolute Gasteiger partial charge is 0.311 e. The van der Waals surface area contributed by atoms with Crippen LogP contribution in [0.25, 0.3) is 0 Å². The van der Waals surface area contributed by atoms with Crippen LogP contribution in [-0.2, 0) is 0 Å². The number of nitrogens with one attached hydrogen (secondary N) is 1. The van der Waals surface area contributed by atoms with E-state index in [1.807, 2.05) is 0 Å². The van der Waals surface area contributed by atoms with Gasteiger partial charge in [-0.3, -0.25) is 0 Å². The topological polar surface area (TPSA) is 12.0 Å². The lowest BCUT2D eigenvalue weighted by Gasteiger charge is -2.43. The van der Waals surface area contributed by atoms with E-state index in [0.717, 1.165) is 23.9 Å². The molecule has 1 N–H and O–H groups in total. The minimum atomic E-state index is 0.571. The van der Waals surface area contributed by atoms with E-state index in [4.69, 9.17) is 0 Å². The molecule has 0 spiro atoms. The first-order valence-electron chi connectivity index (χ1n) is 10.4. The highest BCUT2D eigenvalue weighted by Gasteiger charge is 2.38. The molecule has 4 bridgehead atoms. The molecule has 3 rings (SSSR count). The molecule has 0 aromatic carbocycles. The van der Waals surface area contributed by atoms with Gasteiger partial charge in [-0.25, -0.2) is 0 Å². The Morgan fingerprint density at radius 1 is 0.545 bits per heavy atom. The zero-order valence-electron chi connectivity index (χ0n) is 15.2. The second-order valence-electron chi connectivity index (χ2n) is 9.21. The Morgan fingerprint density at radius 3 is 1.50 bits per heavy atom. The summed E-state index contributed by atoms with van der Waals surface area (Å²) < 4.78 is 0. The highest BCUT2D eigenvalue weighted by atomic mass is 14.9. The average Bonchev–Trinajstić information content (AvgIpc) is 2.68. The van der Waals surface area contributed by atoms with E-state index in [1.54, 1.807) is 0 Å². The predicted octanol–water partition coefficient (Wildman–Crippen LogP) is 6.07. The molecule has 0 radical (unpaired) electrons. The van der Waals surface area contributed by atoms with Crippen LogP contribution in [0.3, 0.4) is 0 Å². The van der Waals surface area contributed by atoms with Crippen LogP contribution in [-0.4, -0.2) is 12.1 Å². The molecule has 2 aliphatic carbocycles. The zero-order valence-corrected chi connectivity index (χ0v) is 15.2. The average molecular weight is 306 g/mol. The van der Waals surface area contributed by atoms with E-state index < -0.39 is 0 Å².